The summed E-state index contributed by atoms with van der Waals surface area (Å²) in [6.45, 7) is 9.81. The number of halogens is 2. The van der Waals surface area contributed by atoms with Gasteiger partial charge in [0.05, 0.1) is 0 Å². The average Bonchev–Trinajstić information content (AvgIpc) is 3.67. The van der Waals surface area contributed by atoms with Crippen molar-refractivity contribution >= 4 is 42.4 Å². The Kier molecular flexibility index (Phi) is 9.96. The van der Waals surface area contributed by atoms with Crippen LogP contribution in [0.3, 0.4) is 0 Å². The third-order valence-electron chi connectivity index (χ3n) is 6.65. The Morgan fingerprint density at radius 1 is 1.06 bits per heavy atom. The predicted octanol–water partition coefficient (Wildman–Crippen LogP) is 3.25. The molecule has 4 N–H and O–H groups in total. The number of hydrogen-bond donors (Lipinski definition) is 2. The van der Waals surface area contributed by atoms with Gasteiger partial charge in [0, 0.05) is 32.7 Å². The summed E-state index contributed by atoms with van der Waals surface area (Å²) in [7, 11) is 0. The maximum absolute atomic E-state index is 10.3. The van der Waals surface area contributed by atoms with E-state index in [2.05, 4.69) is 77.0 Å². The van der Waals surface area contributed by atoms with E-state index in [1.54, 1.807) is 0 Å². The molecule has 0 radical (unpaired) electrons. The number of aliphatic hydroxyl groups is 1. The summed E-state index contributed by atoms with van der Waals surface area (Å²) in [5.74, 6) is 1.66. The zero-order valence-corrected chi connectivity index (χ0v) is 25.0. The molecule has 35 heavy (non-hydrogen) atoms. The zero-order chi connectivity index (χ0) is 24.8. The molecule has 2 aromatic carbocycles. The molecule has 2 aromatic rings. The Morgan fingerprint density at radius 2 is 1.74 bits per heavy atom. The average molecular weight is 709 g/mol. The second kappa shape index (κ2) is 12.7. The van der Waals surface area contributed by atoms with Crippen LogP contribution in [0, 0.1) is 3.57 Å². The molecule has 2 fully saturated rings. The van der Waals surface area contributed by atoms with Crippen molar-refractivity contribution < 1.29 is 19.7 Å². The van der Waals surface area contributed by atoms with E-state index in [4.69, 9.17) is 14.6 Å². The Hall–Kier alpha value is -0.660. The number of hydrogen-bond acceptors (Lipinski definition) is 5. The third kappa shape index (κ3) is 8.16. The summed E-state index contributed by atoms with van der Waals surface area (Å²) >= 11 is 1.69. The summed E-state index contributed by atoms with van der Waals surface area (Å²) in [5, 5.41) is 21.9. The van der Waals surface area contributed by atoms with Gasteiger partial charge in [0.2, 0.25) is 0 Å². The van der Waals surface area contributed by atoms with Gasteiger partial charge in [-0.1, -0.05) is 0 Å². The van der Waals surface area contributed by atoms with Gasteiger partial charge in [-0.2, -0.15) is 0 Å². The first-order chi connectivity index (χ1) is 16.8. The topological polar surface area (TPSA) is 76.9 Å². The Balaban J connectivity index is 1.30. The summed E-state index contributed by atoms with van der Waals surface area (Å²) in [6.07, 6.45) is -0.563. The van der Waals surface area contributed by atoms with Crippen molar-refractivity contribution in [1.82, 2.24) is 10.2 Å². The molecule has 6 nitrogen and oxygen atoms in total. The van der Waals surface area contributed by atoms with Crippen LogP contribution in [0.15, 0.2) is 42.5 Å². The predicted molar refractivity (Wildman–Crippen MR) is 160 cm³/mol. The van der Waals surface area contributed by atoms with Crippen LogP contribution in [0.4, 0.5) is 0 Å². The van der Waals surface area contributed by atoms with Gasteiger partial charge in [-0.25, -0.2) is 0 Å². The number of rotatable bonds is 12. The van der Waals surface area contributed by atoms with Gasteiger partial charge >= 0.3 is 160 Å². The van der Waals surface area contributed by atoms with Gasteiger partial charge in [0.15, 0.2) is 0 Å². The van der Waals surface area contributed by atoms with Crippen LogP contribution in [0.2, 0.25) is 0 Å². The molecule has 0 unspecified atom stereocenters. The third-order valence-corrected chi connectivity index (χ3v) is 12.4. The monoisotopic (exact) mass is 709 g/mol. The van der Waals surface area contributed by atoms with E-state index in [1.165, 1.54) is 20.0 Å². The van der Waals surface area contributed by atoms with Gasteiger partial charge in [-0.3, -0.25) is 4.90 Å². The van der Waals surface area contributed by atoms with E-state index >= 15 is 0 Å². The number of nitrogens with zero attached hydrogens (tertiary/aromatic N) is 1. The molecule has 2 aliphatic heterocycles. The molecular weight excluding hydrogens is 670 g/mol. The summed E-state index contributed by atoms with van der Waals surface area (Å²) in [6, 6.07) is 14.6. The molecular formula is C27H39I2N2O4+. The zero-order valence-electron chi connectivity index (χ0n) is 20.7. The molecule has 0 bridgehead atoms. The van der Waals surface area contributed by atoms with Gasteiger partial charge < -0.3 is 15.2 Å². The number of aliphatic hydroxyl groups excluding tert-OH is 1. The van der Waals surface area contributed by atoms with Crippen LogP contribution in [-0.2, 0) is 5.41 Å². The molecule has 0 saturated carbocycles. The molecule has 0 aliphatic carbocycles. The van der Waals surface area contributed by atoms with E-state index < -0.39 is 25.9 Å². The van der Waals surface area contributed by atoms with Crippen LogP contribution in [-0.4, -0.2) is 86.5 Å². The number of ether oxygens (including phenoxy) is 2. The molecule has 2 heterocycles. The van der Waals surface area contributed by atoms with Crippen LogP contribution < -0.4 is 14.8 Å². The Bertz CT molecular complexity index is 947. The van der Waals surface area contributed by atoms with Gasteiger partial charge in [-0.05, 0) is 0 Å². The fraction of sp³-hybridized carbons (Fsp3) is 0.556. The van der Waals surface area contributed by atoms with Crippen LogP contribution in [0.5, 0.6) is 11.5 Å². The van der Waals surface area contributed by atoms with Gasteiger partial charge in [-0.15, -0.1) is 0 Å². The molecule has 0 aromatic heterocycles. The van der Waals surface area contributed by atoms with Crippen LogP contribution >= 0.6 is 42.4 Å². The number of β-amino-alcohol motifs (C(OH)–C–C–N with tert-alkyl or cyclic N) is 1. The van der Waals surface area contributed by atoms with Gasteiger partial charge in [0.25, 0.3) is 0 Å². The molecule has 2 aliphatic rings. The molecule has 2 saturated heterocycles. The Morgan fingerprint density at radius 3 is 2.40 bits per heavy atom. The minimum atomic E-state index is -0.659. The summed E-state index contributed by atoms with van der Waals surface area (Å²) in [5.41, 5.74) is 2.26. The molecule has 0 spiro atoms. The second-order valence-electron chi connectivity index (χ2n) is 9.92. The van der Waals surface area contributed by atoms with Gasteiger partial charge in [0.1, 0.15) is 18.5 Å². The number of benzene rings is 2. The van der Waals surface area contributed by atoms with E-state index in [0.717, 1.165) is 45.7 Å². The van der Waals surface area contributed by atoms with E-state index in [-0.39, 0.29) is 11.5 Å². The normalized spacial score (nSPS) is 19.3. The molecule has 4 rings (SSSR count). The minimum absolute atomic E-state index is 0.0708. The van der Waals surface area contributed by atoms with Crippen molar-refractivity contribution in [2.75, 3.05) is 59.2 Å². The standard InChI is InChI=1S/C27H38I2N2O4/c1-27(2,21-5-8-26(25(28)15-21)35-18-22(32)16-29-9-10-29)20-3-6-24(7-4-20)34-19-23(33)17-31-13-11-30-12-14-31/h3-8,15,22-23,30,32-33H,9-14,16-19H2,1-2H3/p+1/t22-,23+/m0/s1. The fourth-order valence-electron chi connectivity index (χ4n) is 4.28. The SMILES string of the molecule is CC(C)(c1ccc(OC[C@H](O)CN2CCNCC2)cc1)c1ccc(OC[C@@H]([OH2+])CI2CC2)c(I)c1. The summed E-state index contributed by atoms with van der Waals surface area (Å²) < 4.78 is 16.9. The van der Waals surface area contributed by atoms with Crippen molar-refractivity contribution in [3.05, 3.63) is 57.2 Å². The molecule has 8 heteroatoms. The van der Waals surface area contributed by atoms with E-state index in [9.17, 15) is 5.11 Å². The first-order valence-corrected chi connectivity index (χ1v) is 18.0. The molecule has 2 atom stereocenters. The fourth-order valence-corrected chi connectivity index (χ4v) is 9.81. The van der Waals surface area contributed by atoms with Crippen LogP contribution in [0.1, 0.15) is 25.0 Å². The Labute approximate surface area is 230 Å². The van der Waals surface area contributed by atoms with Crippen molar-refractivity contribution in [2.24, 2.45) is 0 Å². The number of piperazine rings is 1. The first kappa shape index (κ1) is 27.4. The summed E-state index contributed by atoms with van der Waals surface area (Å²) in [4.78, 5) is 2.27. The second-order valence-corrected chi connectivity index (χ2v) is 17.4. The quantitative estimate of drug-likeness (QED) is 0.201. The molecule has 194 valence electrons. The maximum atomic E-state index is 10.3. The number of nitrogens with one attached hydrogen (secondary N) is 1. The first-order valence-electron chi connectivity index (χ1n) is 12.4. The van der Waals surface area contributed by atoms with E-state index in [0.29, 0.717) is 19.8 Å². The van der Waals surface area contributed by atoms with E-state index in [1.807, 2.05) is 12.1 Å². The van der Waals surface area contributed by atoms with Crippen LogP contribution in [0.25, 0.3) is 0 Å². The van der Waals surface area contributed by atoms with Crippen molar-refractivity contribution in [1.29, 1.82) is 0 Å². The molecule has 0 amide bonds. The van der Waals surface area contributed by atoms with Crippen molar-refractivity contribution in [3.8, 4) is 11.5 Å². The van der Waals surface area contributed by atoms with Crippen molar-refractivity contribution in [2.45, 2.75) is 31.5 Å². The van der Waals surface area contributed by atoms with Crippen molar-refractivity contribution in [3.63, 3.8) is 0 Å². The number of alkyl halides is 3.